The fourth-order valence-electron chi connectivity index (χ4n) is 3.02. The van der Waals surface area contributed by atoms with E-state index in [-0.39, 0.29) is 0 Å². The van der Waals surface area contributed by atoms with Gasteiger partial charge < -0.3 is 5.11 Å². The molecule has 2 rings (SSSR count). The Morgan fingerprint density at radius 1 is 1.33 bits per heavy atom. The van der Waals surface area contributed by atoms with Gasteiger partial charge in [-0.15, -0.1) is 0 Å². The highest BCUT2D eigenvalue weighted by molar-refractivity contribution is 5.85. The first-order valence-corrected chi connectivity index (χ1v) is 7.77. The Bertz CT molecular complexity index is 500. The zero-order valence-corrected chi connectivity index (χ0v) is 13.0. The molecule has 0 aliphatic carbocycles. The van der Waals surface area contributed by atoms with E-state index in [1.165, 1.54) is 24.5 Å². The molecule has 0 amide bonds. The summed E-state index contributed by atoms with van der Waals surface area (Å²) >= 11 is 0. The van der Waals surface area contributed by atoms with E-state index in [1.54, 1.807) is 6.08 Å². The summed E-state index contributed by atoms with van der Waals surface area (Å²) in [5.41, 5.74) is 2.21. The fraction of sp³-hybridized carbons (Fsp3) is 0.500. The highest BCUT2D eigenvalue weighted by atomic mass is 16.4. The maximum Gasteiger partial charge on any atom is 0.328 e. The lowest BCUT2D eigenvalue weighted by Crippen LogP contribution is -2.34. The maximum atomic E-state index is 10.7. The van der Waals surface area contributed by atoms with Gasteiger partial charge in [-0.3, -0.25) is 4.90 Å². The largest absolute Gasteiger partial charge is 0.478 e. The van der Waals surface area contributed by atoms with Crippen LogP contribution in [0.15, 0.2) is 30.3 Å². The van der Waals surface area contributed by atoms with Crippen LogP contribution < -0.4 is 0 Å². The van der Waals surface area contributed by atoms with Gasteiger partial charge in [0.2, 0.25) is 0 Å². The summed E-state index contributed by atoms with van der Waals surface area (Å²) in [6.45, 7) is 7.81. The van der Waals surface area contributed by atoms with E-state index in [2.05, 4.69) is 24.8 Å². The lowest BCUT2D eigenvalue weighted by atomic mass is 9.86. The van der Waals surface area contributed by atoms with Gasteiger partial charge >= 0.3 is 5.97 Å². The summed E-state index contributed by atoms with van der Waals surface area (Å²) in [5.74, 6) is 0.726. The third-order valence-electron chi connectivity index (χ3n) is 4.43. The fourth-order valence-corrected chi connectivity index (χ4v) is 3.02. The molecular weight excluding hydrogens is 262 g/mol. The Balaban J connectivity index is 1.99. The van der Waals surface area contributed by atoms with E-state index in [4.69, 9.17) is 5.11 Å². The second kappa shape index (κ2) is 7.41. The predicted octanol–water partition coefficient (Wildman–Crippen LogP) is 3.65. The van der Waals surface area contributed by atoms with E-state index < -0.39 is 5.97 Å². The van der Waals surface area contributed by atoms with Gasteiger partial charge in [0.25, 0.3) is 0 Å². The van der Waals surface area contributed by atoms with Gasteiger partial charge in [0, 0.05) is 12.6 Å². The summed E-state index contributed by atoms with van der Waals surface area (Å²) in [5, 5.41) is 8.77. The van der Waals surface area contributed by atoms with E-state index in [0.717, 1.165) is 37.0 Å². The number of hydrogen-bond donors (Lipinski definition) is 1. The number of carboxylic acid groups (broad SMARTS) is 1. The van der Waals surface area contributed by atoms with Gasteiger partial charge in [-0.2, -0.15) is 0 Å². The SMILES string of the molecule is CC(C)C1CCN(Cc2ccccc2/C=C/C(=O)O)CC1. The van der Waals surface area contributed by atoms with Gasteiger partial charge in [-0.05, 0) is 55.0 Å². The first kappa shape index (κ1) is 15.8. The standard InChI is InChI=1S/C18H25NO2/c1-14(2)15-9-11-19(12-10-15)13-17-6-4-3-5-16(17)7-8-18(20)21/h3-8,14-15H,9-13H2,1-2H3,(H,20,21)/b8-7+. The molecule has 3 heteroatoms. The van der Waals surface area contributed by atoms with E-state index in [0.29, 0.717) is 0 Å². The van der Waals surface area contributed by atoms with E-state index in [9.17, 15) is 4.79 Å². The molecular formula is C18H25NO2. The Morgan fingerprint density at radius 2 is 2.00 bits per heavy atom. The number of carbonyl (C=O) groups is 1. The molecule has 21 heavy (non-hydrogen) atoms. The monoisotopic (exact) mass is 287 g/mol. The van der Waals surface area contributed by atoms with E-state index in [1.807, 2.05) is 18.2 Å². The molecule has 1 saturated heterocycles. The van der Waals surface area contributed by atoms with Crippen LogP contribution in [0, 0.1) is 11.8 Å². The van der Waals surface area contributed by atoms with Crippen LogP contribution in [0.2, 0.25) is 0 Å². The Hall–Kier alpha value is -1.61. The number of aliphatic carboxylic acids is 1. The van der Waals surface area contributed by atoms with Gasteiger partial charge in [-0.25, -0.2) is 4.79 Å². The highest BCUT2D eigenvalue weighted by Crippen LogP contribution is 2.25. The number of nitrogens with zero attached hydrogens (tertiary/aromatic N) is 1. The quantitative estimate of drug-likeness (QED) is 0.840. The molecule has 3 nitrogen and oxygen atoms in total. The second-order valence-electron chi connectivity index (χ2n) is 6.23. The van der Waals surface area contributed by atoms with Crippen molar-refractivity contribution in [3.05, 3.63) is 41.5 Å². The third-order valence-corrected chi connectivity index (χ3v) is 4.43. The summed E-state index contributed by atoms with van der Waals surface area (Å²) < 4.78 is 0. The Morgan fingerprint density at radius 3 is 2.62 bits per heavy atom. The van der Waals surface area contributed by atoms with Crippen molar-refractivity contribution < 1.29 is 9.90 Å². The van der Waals surface area contributed by atoms with Crippen molar-refractivity contribution in [1.29, 1.82) is 0 Å². The highest BCUT2D eigenvalue weighted by Gasteiger charge is 2.21. The van der Waals surface area contributed by atoms with Crippen LogP contribution in [0.25, 0.3) is 6.08 Å². The molecule has 1 heterocycles. The van der Waals surface area contributed by atoms with Crippen molar-refractivity contribution in [2.45, 2.75) is 33.2 Å². The molecule has 0 spiro atoms. The number of carboxylic acids is 1. The minimum absolute atomic E-state index is 0.776. The van der Waals surface area contributed by atoms with Gasteiger partial charge in [-0.1, -0.05) is 38.1 Å². The molecule has 0 aromatic heterocycles. The zero-order valence-electron chi connectivity index (χ0n) is 13.0. The normalized spacial score (nSPS) is 17.7. The Labute approximate surface area is 127 Å². The molecule has 0 atom stereocenters. The molecule has 0 radical (unpaired) electrons. The van der Waals surface area contributed by atoms with Crippen LogP contribution in [0.3, 0.4) is 0 Å². The Kier molecular flexibility index (Phi) is 5.57. The van der Waals surface area contributed by atoms with Crippen LogP contribution in [0.1, 0.15) is 37.8 Å². The van der Waals surface area contributed by atoms with Gasteiger partial charge in [0.1, 0.15) is 0 Å². The third kappa shape index (κ3) is 4.71. The zero-order chi connectivity index (χ0) is 15.2. The molecule has 0 bridgehead atoms. The number of likely N-dealkylation sites (tertiary alicyclic amines) is 1. The second-order valence-corrected chi connectivity index (χ2v) is 6.23. The van der Waals surface area contributed by atoms with Crippen LogP contribution in [-0.2, 0) is 11.3 Å². The van der Waals surface area contributed by atoms with Crippen LogP contribution >= 0.6 is 0 Å². The molecule has 1 aromatic rings. The molecule has 1 fully saturated rings. The van der Waals surface area contributed by atoms with Crippen LogP contribution in [0.4, 0.5) is 0 Å². The molecule has 0 saturated carbocycles. The topological polar surface area (TPSA) is 40.5 Å². The molecule has 1 aromatic carbocycles. The summed E-state index contributed by atoms with van der Waals surface area (Å²) in [6.07, 6.45) is 5.44. The van der Waals surface area contributed by atoms with Crippen LogP contribution in [0.5, 0.6) is 0 Å². The first-order valence-electron chi connectivity index (χ1n) is 7.77. The summed E-state index contributed by atoms with van der Waals surface area (Å²) in [7, 11) is 0. The van der Waals surface area contributed by atoms with Crippen molar-refractivity contribution in [2.24, 2.45) is 11.8 Å². The summed E-state index contributed by atoms with van der Waals surface area (Å²) in [6, 6.07) is 8.05. The number of hydrogen-bond acceptors (Lipinski definition) is 2. The minimum Gasteiger partial charge on any atom is -0.478 e. The summed E-state index contributed by atoms with van der Waals surface area (Å²) in [4.78, 5) is 13.2. The average molecular weight is 287 g/mol. The van der Waals surface area contributed by atoms with Gasteiger partial charge in [0.05, 0.1) is 0 Å². The number of piperidine rings is 1. The lowest BCUT2D eigenvalue weighted by molar-refractivity contribution is -0.131. The van der Waals surface area contributed by atoms with Crippen molar-refractivity contribution in [3.8, 4) is 0 Å². The molecule has 114 valence electrons. The lowest BCUT2D eigenvalue weighted by Gasteiger charge is -2.34. The van der Waals surface area contributed by atoms with Crippen molar-refractivity contribution in [1.82, 2.24) is 4.90 Å². The molecule has 1 aliphatic rings. The van der Waals surface area contributed by atoms with Gasteiger partial charge in [0.15, 0.2) is 0 Å². The predicted molar refractivity (Wildman–Crippen MR) is 86.0 cm³/mol. The molecule has 0 unspecified atom stereocenters. The van der Waals surface area contributed by atoms with Crippen molar-refractivity contribution in [3.63, 3.8) is 0 Å². The first-order chi connectivity index (χ1) is 10.1. The maximum absolute atomic E-state index is 10.7. The van der Waals surface area contributed by atoms with Crippen LogP contribution in [-0.4, -0.2) is 29.1 Å². The van der Waals surface area contributed by atoms with Crippen molar-refractivity contribution in [2.75, 3.05) is 13.1 Å². The molecule has 1 aliphatic heterocycles. The van der Waals surface area contributed by atoms with Crippen molar-refractivity contribution >= 4 is 12.0 Å². The number of rotatable bonds is 5. The number of benzene rings is 1. The molecule has 1 N–H and O–H groups in total. The smallest absolute Gasteiger partial charge is 0.328 e. The minimum atomic E-state index is -0.900. The van der Waals surface area contributed by atoms with E-state index >= 15 is 0 Å². The average Bonchev–Trinajstić information content (AvgIpc) is 2.47.